The molecule has 5 rings (SSSR count). The van der Waals surface area contributed by atoms with Crippen LogP contribution in [0.2, 0.25) is 0 Å². The Morgan fingerprint density at radius 2 is 1.15 bits per heavy atom. The Kier molecular flexibility index (Phi) is 4.94. The third-order valence-electron chi connectivity index (χ3n) is 6.57. The van der Waals surface area contributed by atoms with Crippen molar-refractivity contribution in [3.63, 3.8) is 0 Å². The summed E-state index contributed by atoms with van der Waals surface area (Å²) in [5.41, 5.74) is 8.29. The first-order chi connectivity index (χ1) is 15.9. The van der Waals surface area contributed by atoms with E-state index in [1.54, 1.807) is 9.80 Å². The van der Waals surface area contributed by atoms with Crippen molar-refractivity contribution in [1.29, 1.82) is 0 Å². The predicted molar refractivity (Wildman–Crippen MR) is 137 cm³/mol. The van der Waals surface area contributed by atoms with Gasteiger partial charge in [-0.15, -0.1) is 0 Å². The Labute approximate surface area is 201 Å². The Morgan fingerprint density at radius 3 is 1.53 bits per heavy atom. The van der Waals surface area contributed by atoms with E-state index in [2.05, 4.69) is 65.8 Å². The minimum absolute atomic E-state index is 0.0470. The van der Waals surface area contributed by atoms with Crippen molar-refractivity contribution >= 4 is 23.2 Å². The Hall–Kier alpha value is -3.47. The van der Waals surface area contributed by atoms with Crippen LogP contribution in [0.5, 0.6) is 0 Å². The van der Waals surface area contributed by atoms with Crippen molar-refractivity contribution in [3.05, 3.63) is 65.9 Å². The maximum absolute atomic E-state index is 11.7. The standard InChI is InChI=1S/C29H31N3O2/c1-28(2,3)21-9-19(10-22(13-21)29(4,5)6)18-7-8-25(30-15-18)20-11-23(31-16-26(31)33)14-24(12-20)32-17-27(32)34/h7-15H,16-17H2,1-6H3. The van der Waals surface area contributed by atoms with E-state index in [9.17, 15) is 9.59 Å². The van der Waals surface area contributed by atoms with Crippen LogP contribution in [-0.2, 0) is 20.4 Å². The largest absolute Gasteiger partial charge is 0.301 e. The summed E-state index contributed by atoms with van der Waals surface area (Å²) < 4.78 is 0. The van der Waals surface area contributed by atoms with Gasteiger partial charge in [0.2, 0.25) is 11.8 Å². The van der Waals surface area contributed by atoms with Crippen LogP contribution in [0.25, 0.3) is 22.4 Å². The highest BCUT2D eigenvalue weighted by Gasteiger charge is 2.35. The topological polar surface area (TPSA) is 53.0 Å². The Morgan fingerprint density at radius 1 is 0.647 bits per heavy atom. The SMILES string of the molecule is CC(C)(C)c1cc(-c2ccc(-c3cc(N4CC4=O)cc(N4CC4=O)c3)nc2)cc(C(C)(C)C)c1. The number of hydrogen-bond acceptors (Lipinski definition) is 3. The maximum Gasteiger partial charge on any atom is 0.247 e. The lowest BCUT2D eigenvalue weighted by Crippen LogP contribution is -2.16. The van der Waals surface area contributed by atoms with Crippen molar-refractivity contribution in [3.8, 4) is 22.4 Å². The molecular weight excluding hydrogens is 422 g/mol. The van der Waals surface area contributed by atoms with Crippen LogP contribution in [0.3, 0.4) is 0 Å². The second-order valence-electron chi connectivity index (χ2n) is 11.4. The molecule has 0 saturated carbocycles. The molecule has 5 heteroatoms. The van der Waals surface area contributed by atoms with Crippen molar-refractivity contribution in [2.45, 2.75) is 52.4 Å². The number of pyridine rings is 1. The Bertz CT molecular complexity index is 1240. The van der Waals surface area contributed by atoms with Gasteiger partial charge >= 0.3 is 0 Å². The first-order valence-corrected chi connectivity index (χ1v) is 11.8. The van der Waals surface area contributed by atoms with E-state index in [0.717, 1.165) is 33.8 Å². The minimum Gasteiger partial charge on any atom is -0.301 e. The number of aromatic nitrogens is 1. The molecule has 2 fully saturated rings. The molecule has 0 aliphatic carbocycles. The fourth-order valence-corrected chi connectivity index (χ4v) is 4.12. The van der Waals surface area contributed by atoms with E-state index in [1.165, 1.54) is 11.1 Å². The van der Waals surface area contributed by atoms with Gasteiger partial charge in [-0.2, -0.15) is 0 Å². The van der Waals surface area contributed by atoms with Crippen LogP contribution in [0, 0.1) is 0 Å². The lowest BCUT2D eigenvalue weighted by atomic mass is 9.79. The van der Waals surface area contributed by atoms with E-state index in [1.807, 2.05) is 30.5 Å². The molecule has 0 bridgehead atoms. The summed E-state index contributed by atoms with van der Waals surface area (Å²) in [5, 5.41) is 0. The van der Waals surface area contributed by atoms with Gasteiger partial charge in [0.05, 0.1) is 5.69 Å². The molecule has 2 aromatic carbocycles. The highest BCUT2D eigenvalue weighted by Crippen LogP contribution is 2.37. The molecule has 0 atom stereocenters. The molecule has 1 aromatic heterocycles. The van der Waals surface area contributed by atoms with E-state index < -0.39 is 0 Å². The lowest BCUT2D eigenvalue weighted by molar-refractivity contribution is -0.110. The molecule has 0 radical (unpaired) electrons. The number of nitrogens with zero attached hydrogens (tertiary/aromatic N) is 3. The zero-order chi connectivity index (χ0) is 24.4. The molecule has 0 unspecified atom stereocenters. The van der Waals surface area contributed by atoms with Gasteiger partial charge < -0.3 is 9.80 Å². The molecule has 2 amide bonds. The van der Waals surface area contributed by atoms with E-state index in [4.69, 9.17) is 4.98 Å². The van der Waals surface area contributed by atoms with Gasteiger partial charge in [0.25, 0.3) is 0 Å². The summed E-state index contributed by atoms with van der Waals surface area (Å²) in [7, 11) is 0. The van der Waals surface area contributed by atoms with E-state index >= 15 is 0 Å². The van der Waals surface area contributed by atoms with Gasteiger partial charge in [0, 0.05) is 28.7 Å². The van der Waals surface area contributed by atoms with Crippen molar-refractivity contribution in [1.82, 2.24) is 4.98 Å². The third kappa shape index (κ3) is 4.35. The number of hydrogen-bond donors (Lipinski definition) is 0. The number of amides is 2. The smallest absolute Gasteiger partial charge is 0.247 e. The Balaban J connectivity index is 1.53. The predicted octanol–water partition coefficient (Wildman–Crippen LogP) is 5.70. The summed E-state index contributed by atoms with van der Waals surface area (Å²) in [6.07, 6.45) is 1.92. The molecule has 0 N–H and O–H groups in total. The minimum atomic E-state index is 0.0470. The molecule has 2 saturated heterocycles. The monoisotopic (exact) mass is 453 g/mol. The quantitative estimate of drug-likeness (QED) is 0.476. The average Bonchev–Trinajstić information content (AvgIpc) is 3.69. The summed E-state index contributed by atoms with van der Waals surface area (Å²) in [4.78, 5) is 31.6. The van der Waals surface area contributed by atoms with Crippen molar-refractivity contribution in [2.75, 3.05) is 22.9 Å². The fraction of sp³-hybridized carbons (Fsp3) is 0.345. The number of anilines is 2. The average molecular weight is 454 g/mol. The van der Waals surface area contributed by atoms with E-state index in [-0.39, 0.29) is 22.6 Å². The van der Waals surface area contributed by atoms with Crippen molar-refractivity contribution < 1.29 is 9.59 Å². The normalized spacial score (nSPS) is 15.7. The fourth-order valence-electron chi connectivity index (χ4n) is 4.12. The molecule has 2 aliphatic rings. The summed E-state index contributed by atoms with van der Waals surface area (Å²) in [5.74, 6) is 0.189. The van der Waals surface area contributed by atoms with Gasteiger partial charge in [-0.05, 0) is 51.8 Å². The molecular formula is C29H31N3O2. The number of benzene rings is 2. The van der Waals surface area contributed by atoms with Crippen LogP contribution in [0.4, 0.5) is 11.4 Å². The van der Waals surface area contributed by atoms with Crippen LogP contribution in [0.1, 0.15) is 52.7 Å². The summed E-state index contributed by atoms with van der Waals surface area (Å²) >= 11 is 0. The number of rotatable bonds is 4. The van der Waals surface area contributed by atoms with Crippen LogP contribution in [0.15, 0.2) is 54.7 Å². The number of carbonyl (C=O) groups is 2. The summed E-state index contributed by atoms with van der Waals surface area (Å²) in [6.45, 7) is 14.3. The van der Waals surface area contributed by atoms with Gasteiger partial charge in [0.15, 0.2) is 0 Å². The second-order valence-corrected chi connectivity index (χ2v) is 11.4. The molecule has 3 aromatic rings. The summed E-state index contributed by atoms with van der Waals surface area (Å²) in [6, 6.07) is 16.8. The van der Waals surface area contributed by atoms with Gasteiger partial charge in [-0.3, -0.25) is 14.6 Å². The maximum atomic E-state index is 11.7. The van der Waals surface area contributed by atoms with Gasteiger partial charge in [0.1, 0.15) is 13.1 Å². The molecule has 5 nitrogen and oxygen atoms in total. The first-order valence-electron chi connectivity index (χ1n) is 11.8. The zero-order valence-corrected chi connectivity index (χ0v) is 20.8. The molecule has 2 aliphatic heterocycles. The molecule has 3 heterocycles. The highest BCUT2D eigenvalue weighted by molar-refractivity contribution is 6.15. The van der Waals surface area contributed by atoms with Crippen molar-refractivity contribution in [2.24, 2.45) is 0 Å². The van der Waals surface area contributed by atoms with Crippen LogP contribution in [-0.4, -0.2) is 29.9 Å². The molecule has 174 valence electrons. The first kappa shape index (κ1) is 22.3. The highest BCUT2D eigenvalue weighted by atomic mass is 16.2. The zero-order valence-electron chi connectivity index (χ0n) is 20.8. The van der Waals surface area contributed by atoms with Crippen LogP contribution >= 0.6 is 0 Å². The van der Waals surface area contributed by atoms with Crippen LogP contribution < -0.4 is 9.80 Å². The lowest BCUT2D eigenvalue weighted by Gasteiger charge is -2.26. The number of carbonyl (C=O) groups excluding carboxylic acids is 2. The third-order valence-corrected chi connectivity index (χ3v) is 6.57. The van der Waals surface area contributed by atoms with Gasteiger partial charge in [-0.25, -0.2) is 0 Å². The van der Waals surface area contributed by atoms with E-state index in [0.29, 0.717) is 13.1 Å². The van der Waals surface area contributed by atoms with Gasteiger partial charge in [-0.1, -0.05) is 65.8 Å². The second kappa shape index (κ2) is 7.52. The molecule has 0 spiro atoms. The molecule has 34 heavy (non-hydrogen) atoms.